The maximum atomic E-state index is 12.2. The van der Waals surface area contributed by atoms with Gasteiger partial charge in [0, 0.05) is 19.6 Å². The summed E-state index contributed by atoms with van der Waals surface area (Å²) in [5.74, 6) is 1.10. The molecule has 1 aliphatic heterocycles. The highest BCUT2D eigenvalue weighted by Gasteiger charge is 2.27. The molecular formula is C17H23N3O2S. The molecule has 2 aromatic rings. The standard InChI is InChI=1S/C17H23N3O2S/c1-3-8-18-16(21)12-5-4-9-20(11-12)17-19-14-7-6-13(22-2)10-15(14)23-17/h6-7,10,12H,3-5,8-9,11H2,1-2H3,(H,18,21)/t12-/m0/s1. The molecule has 0 saturated carbocycles. The van der Waals surface area contributed by atoms with Crippen LogP contribution in [0.2, 0.25) is 0 Å². The smallest absolute Gasteiger partial charge is 0.224 e. The van der Waals surface area contributed by atoms with Crippen molar-refractivity contribution in [2.24, 2.45) is 5.92 Å². The second kappa shape index (κ2) is 7.17. The molecule has 1 aromatic carbocycles. The Balaban J connectivity index is 1.74. The van der Waals surface area contributed by atoms with Crippen LogP contribution in [-0.2, 0) is 4.79 Å². The highest BCUT2D eigenvalue weighted by molar-refractivity contribution is 7.22. The number of carbonyl (C=O) groups excluding carboxylic acids is 1. The van der Waals surface area contributed by atoms with Gasteiger partial charge in [0.25, 0.3) is 0 Å². The summed E-state index contributed by atoms with van der Waals surface area (Å²) in [6.07, 6.45) is 2.97. The van der Waals surface area contributed by atoms with Crippen LogP contribution in [0.4, 0.5) is 5.13 Å². The van der Waals surface area contributed by atoms with E-state index in [1.165, 1.54) is 0 Å². The number of rotatable bonds is 5. The molecule has 0 radical (unpaired) electrons. The van der Waals surface area contributed by atoms with E-state index in [1.807, 2.05) is 18.2 Å². The molecule has 2 heterocycles. The van der Waals surface area contributed by atoms with Gasteiger partial charge in [-0.25, -0.2) is 4.98 Å². The SMILES string of the molecule is CCCNC(=O)[C@H]1CCCN(c2nc3ccc(OC)cc3s2)C1. The van der Waals surface area contributed by atoms with Gasteiger partial charge in [-0.2, -0.15) is 0 Å². The van der Waals surface area contributed by atoms with Gasteiger partial charge in [-0.05, 0) is 37.5 Å². The maximum Gasteiger partial charge on any atom is 0.224 e. The minimum absolute atomic E-state index is 0.0665. The Labute approximate surface area is 140 Å². The van der Waals surface area contributed by atoms with Gasteiger partial charge in [-0.15, -0.1) is 0 Å². The van der Waals surface area contributed by atoms with Crippen LogP contribution in [-0.4, -0.2) is 37.6 Å². The zero-order valence-corrected chi connectivity index (χ0v) is 14.5. The molecule has 1 aliphatic rings. The lowest BCUT2D eigenvalue weighted by Crippen LogP contribution is -2.43. The first-order chi connectivity index (χ1) is 11.2. The molecule has 1 amide bonds. The average molecular weight is 333 g/mol. The number of hydrogen-bond acceptors (Lipinski definition) is 5. The molecule has 3 rings (SSSR count). The molecule has 1 fully saturated rings. The lowest BCUT2D eigenvalue weighted by atomic mass is 9.97. The van der Waals surface area contributed by atoms with E-state index in [0.29, 0.717) is 0 Å². The van der Waals surface area contributed by atoms with E-state index < -0.39 is 0 Å². The van der Waals surface area contributed by atoms with Crippen LogP contribution in [0, 0.1) is 5.92 Å². The Kier molecular flexibility index (Phi) is 5.00. The maximum absolute atomic E-state index is 12.2. The fourth-order valence-electron chi connectivity index (χ4n) is 2.91. The minimum Gasteiger partial charge on any atom is -0.497 e. The predicted molar refractivity (Wildman–Crippen MR) is 94.4 cm³/mol. The highest BCUT2D eigenvalue weighted by Crippen LogP contribution is 2.33. The fourth-order valence-corrected chi connectivity index (χ4v) is 3.94. The van der Waals surface area contributed by atoms with Gasteiger partial charge in [0.05, 0.1) is 23.2 Å². The zero-order chi connectivity index (χ0) is 16.2. The van der Waals surface area contributed by atoms with E-state index in [9.17, 15) is 4.79 Å². The van der Waals surface area contributed by atoms with Crippen LogP contribution >= 0.6 is 11.3 Å². The fraction of sp³-hybridized carbons (Fsp3) is 0.529. The van der Waals surface area contributed by atoms with Gasteiger partial charge >= 0.3 is 0 Å². The van der Waals surface area contributed by atoms with E-state index in [1.54, 1.807) is 18.4 Å². The van der Waals surface area contributed by atoms with E-state index in [0.717, 1.165) is 60.0 Å². The van der Waals surface area contributed by atoms with Crippen molar-refractivity contribution in [2.75, 3.05) is 31.6 Å². The van der Waals surface area contributed by atoms with E-state index >= 15 is 0 Å². The number of anilines is 1. The Hall–Kier alpha value is -1.82. The molecule has 5 nitrogen and oxygen atoms in total. The largest absolute Gasteiger partial charge is 0.497 e. The first-order valence-electron chi connectivity index (χ1n) is 8.18. The quantitative estimate of drug-likeness (QED) is 0.914. The van der Waals surface area contributed by atoms with Crippen molar-refractivity contribution < 1.29 is 9.53 Å². The van der Waals surface area contributed by atoms with Gasteiger partial charge < -0.3 is 15.0 Å². The summed E-state index contributed by atoms with van der Waals surface area (Å²) in [5.41, 5.74) is 0.989. The summed E-state index contributed by atoms with van der Waals surface area (Å²) in [4.78, 5) is 19.2. The van der Waals surface area contributed by atoms with Gasteiger partial charge in [0.1, 0.15) is 5.75 Å². The zero-order valence-electron chi connectivity index (χ0n) is 13.7. The molecule has 6 heteroatoms. The van der Waals surface area contributed by atoms with Crippen LogP contribution in [0.25, 0.3) is 10.2 Å². The summed E-state index contributed by atoms with van der Waals surface area (Å²) >= 11 is 1.67. The summed E-state index contributed by atoms with van der Waals surface area (Å²) < 4.78 is 6.40. The molecule has 0 aliphatic carbocycles. The summed E-state index contributed by atoms with van der Waals surface area (Å²) in [7, 11) is 1.67. The van der Waals surface area contributed by atoms with Crippen LogP contribution in [0.3, 0.4) is 0 Å². The van der Waals surface area contributed by atoms with Crippen LogP contribution in [0.15, 0.2) is 18.2 Å². The number of fused-ring (bicyclic) bond motifs is 1. The third kappa shape index (κ3) is 3.58. The number of ether oxygens (including phenoxy) is 1. The van der Waals surface area contributed by atoms with Gasteiger partial charge in [-0.3, -0.25) is 4.79 Å². The number of methoxy groups -OCH3 is 1. The van der Waals surface area contributed by atoms with Crippen molar-refractivity contribution in [3.63, 3.8) is 0 Å². The molecule has 1 saturated heterocycles. The molecule has 0 bridgehead atoms. The van der Waals surface area contributed by atoms with Gasteiger partial charge in [0.2, 0.25) is 5.91 Å². The Morgan fingerprint density at radius 3 is 3.17 bits per heavy atom. The normalized spacial score (nSPS) is 18.2. The molecule has 0 spiro atoms. The summed E-state index contributed by atoms with van der Waals surface area (Å²) in [5, 5.41) is 4.02. The second-order valence-electron chi connectivity index (χ2n) is 5.91. The lowest BCUT2D eigenvalue weighted by molar-refractivity contribution is -0.125. The number of piperidine rings is 1. The number of nitrogens with zero attached hydrogens (tertiary/aromatic N) is 2. The first-order valence-corrected chi connectivity index (χ1v) is 9.00. The number of benzene rings is 1. The van der Waals surface area contributed by atoms with E-state index in [4.69, 9.17) is 9.72 Å². The Bertz CT molecular complexity index is 686. The van der Waals surface area contributed by atoms with Crippen molar-refractivity contribution in [1.82, 2.24) is 10.3 Å². The van der Waals surface area contributed by atoms with Crippen LogP contribution in [0.1, 0.15) is 26.2 Å². The van der Waals surface area contributed by atoms with Crippen molar-refractivity contribution in [2.45, 2.75) is 26.2 Å². The van der Waals surface area contributed by atoms with Crippen LogP contribution in [0.5, 0.6) is 5.75 Å². The summed E-state index contributed by atoms with van der Waals surface area (Å²) in [6, 6.07) is 5.94. The molecular weight excluding hydrogens is 310 g/mol. The predicted octanol–water partition coefficient (Wildman–Crippen LogP) is 3.05. The van der Waals surface area contributed by atoms with Crippen molar-refractivity contribution in [3.8, 4) is 5.75 Å². The highest BCUT2D eigenvalue weighted by atomic mass is 32.1. The van der Waals surface area contributed by atoms with Crippen molar-refractivity contribution in [1.29, 1.82) is 0 Å². The topological polar surface area (TPSA) is 54.5 Å². The molecule has 1 atom stereocenters. The van der Waals surface area contributed by atoms with E-state index in [-0.39, 0.29) is 11.8 Å². The number of aromatic nitrogens is 1. The van der Waals surface area contributed by atoms with Crippen molar-refractivity contribution >= 4 is 32.6 Å². The number of hydrogen-bond donors (Lipinski definition) is 1. The molecule has 0 unspecified atom stereocenters. The first kappa shape index (κ1) is 16.1. The van der Waals surface area contributed by atoms with E-state index in [2.05, 4.69) is 17.1 Å². The molecule has 1 N–H and O–H groups in total. The third-order valence-corrected chi connectivity index (χ3v) is 5.28. The van der Waals surface area contributed by atoms with Gasteiger partial charge in [-0.1, -0.05) is 18.3 Å². The third-order valence-electron chi connectivity index (χ3n) is 4.20. The van der Waals surface area contributed by atoms with Gasteiger partial charge in [0.15, 0.2) is 5.13 Å². The lowest BCUT2D eigenvalue weighted by Gasteiger charge is -2.31. The second-order valence-corrected chi connectivity index (χ2v) is 6.92. The van der Waals surface area contributed by atoms with Crippen molar-refractivity contribution in [3.05, 3.63) is 18.2 Å². The number of carbonyl (C=O) groups is 1. The molecule has 1 aromatic heterocycles. The molecule has 23 heavy (non-hydrogen) atoms. The molecule has 124 valence electrons. The number of thiazole rings is 1. The monoisotopic (exact) mass is 333 g/mol. The minimum atomic E-state index is 0.0665. The summed E-state index contributed by atoms with van der Waals surface area (Å²) in [6.45, 7) is 4.56. The Morgan fingerprint density at radius 2 is 2.39 bits per heavy atom. The van der Waals surface area contributed by atoms with Crippen LogP contribution < -0.4 is 15.0 Å². The Morgan fingerprint density at radius 1 is 1.52 bits per heavy atom. The average Bonchev–Trinajstić information content (AvgIpc) is 3.02. The number of amides is 1. The number of nitrogens with one attached hydrogen (secondary N) is 1.